The molecule has 0 aromatic carbocycles. The second-order valence-electron chi connectivity index (χ2n) is 4.41. The summed E-state index contributed by atoms with van der Waals surface area (Å²) in [7, 11) is 0. The topological polar surface area (TPSA) is 28.2 Å². The Balaban J connectivity index is 2.42. The van der Waals surface area contributed by atoms with E-state index in [1.807, 2.05) is 12.4 Å². The van der Waals surface area contributed by atoms with Crippen LogP contribution in [0.2, 0.25) is 0 Å². The van der Waals surface area contributed by atoms with Crippen molar-refractivity contribution < 1.29 is 0 Å². The molecule has 1 rings (SSSR count). The molecular formula is C14H25N3. The molecule has 0 aliphatic rings. The lowest BCUT2D eigenvalue weighted by Gasteiger charge is -2.28. The zero-order valence-electron chi connectivity index (χ0n) is 11.3. The smallest absolute Gasteiger partial charge is 0.0271 e. The maximum Gasteiger partial charge on any atom is 0.0271 e. The lowest BCUT2D eigenvalue weighted by Crippen LogP contribution is -2.34. The Kier molecular flexibility index (Phi) is 6.82. The van der Waals surface area contributed by atoms with E-state index in [1.165, 1.54) is 12.0 Å². The summed E-state index contributed by atoms with van der Waals surface area (Å²) in [5.41, 5.74) is 1.34. The van der Waals surface area contributed by atoms with Crippen molar-refractivity contribution in [1.29, 1.82) is 0 Å². The highest BCUT2D eigenvalue weighted by molar-refractivity contribution is 5.09. The molecule has 1 aromatic heterocycles. The minimum absolute atomic E-state index is 0.618. The van der Waals surface area contributed by atoms with Gasteiger partial charge in [0.2, 0.25) is 0 Å². The van der Waals surface area contributed by atoms with Gasteiger partial charge in [0.1, 0.15) is 0 Å². The monoisotopic (exact) mass is 235 g/mol. The molecule has 0 fully saturated rings. The molecule has 0 amide bonds. The van der Waals surface area contributed by atoms with Crippen LogP contribution in [0.3, 0.4) is 0 Å². The molecule has 0 aliphatic carbocycles. The minimum Gasteiger partial charge on any atom is -0.317 e. The molecule has 1 atom stereocenters. The largest absolute Gasteiger partial charge is 0.317 e. The fourth-order valence-corrected chi connectivity index (χ4v) is 1.97. The highest BCUT2D eigenvalue weighted by Crippen LogP contribution is 2.09. The van der Waals surface area contributed by atoms with E-state index in [-0.39, 0.29) is 0 Å². The molecule has 0 spiro atoms. The van der Waals surface area contributed by atoms with Gasteiger partial charge in [0.15, 0.2) is 0 Å². The number of hydrogen-bond acceptors (Lipinski definition) is 3. The molecule has 3 nitrogen and oxygen atoms in total. The van der Waals surface area contributed by atoms with Crippen molar-refractivity contribution in [1.82, 2.24) is 15.2 Å². The first kappa shape index (κ1) is 14.1. The van der Waals surface area contributed by atoms with Crippen molar-refractivity contribution in [3.8, 4) is 0 Å². The van der Waals surface area contributed by atoms with Crippen molar-refractivity contribution >= 4 is 0 Å². The average molecular weight is 235 g/mol. The van der Waals surface area contributed by atoms with Gasteiger partial charge in [-0.15, -0.1) is 0 Å². The van der Waals surface area contributed by atoms with E-state index in [1.54, 1.807) is 0 Å². The summed E-state index contributed by atoms with van der Waals surface area (Å²) in [5, 5.41) is 3.39. The van der Waals surface area contributed by atoms with Gasteiger partial charge in [0, 0.05) is 25.0 Å². The van der Waals surface area contributed by atoms with E-state index >= 15 is 0 Å². The van der Waals surface area contributed by atoms with Crippen molar-refractivity contribution in [3.05, 3.63) is 30.1 Å². The maximum absolute atomic E-state index is 4.06. The summed E-state index contributed by atoms with van der Waals surface area (Å²) < 4.78 is 0. The Bertz CT molecular complexity index is 287. The third-order valence-electron chi connectivity index (χ3n) is 3.15. The predicted octanol–water partition coefficient (Wildman–Crippen LogP) is 2.29. The molecule has 0 radical (unpaired) electrons. The third kappa shape index (κ3) is 5.29. The molecule has 1 unspecified atom stereocenters. The van der Waals surface area contributed by atoms with Crippen LogP contribution in [-0.4, -0.2) is 35.6 Å². The molecule has 17 heavy (non-hydrogen) atoms. The Morgan fingerprint density at radius 3 is 2.59 bits per heavy atom. The first-order valence-corrected chi connectivity index (χ1v) is 6.61. The summed E-state index contributed by atoms with van der Waals surface area (Å²) in [6.45, 7) is 11.0. The first-order chi connectivity index (χ1) is 8.27. The van der Waals surface area contributed by atoms with Gasteiger partial charge in [0.05, 0.1) is 0 Å². The van der Waals surface area contributed by atoms with Crippen molar-refractivity contribution in [2.24, 2.45) is 0 Å². The molecule has 1 heterocycles. The number of pyridine rings is 1. The van der Waals surface area contributed by atoms with Gasteiger partial charge in [-0.25, -0.2) is 0 Å². The fraction of sp³-hybridized carbons (Fsp3) is 0.643. The number of nitrogens with one attached hydrogen (secondary N) is 1. The number of nitrogens with zero attached hydrogens (tertiary/aromatic N) is 2. The Morgan fingerprint density at radius 1 is 1.29 bits per heavy atom. The molecule has 0 saturated heterocycles. The SMILES string of the molecule is CCNCCC(C)N(CC)Cc1ccncc1. The van der Waals surface area contributed by atoms with Crippen molar-refractivity contribution in [2.45, 2.75) is 39.8 Å². The van der Waals surface area contributed by atoms with Gasteiger partial charge in [-0.05, 0) is 50.7 Å². The Labute approximate surface area is 105 Å². The quantitative estimate of drug-likeness (QED) is 0.701. The van der Waals surface area contributed by atoms with Crippen LogP contribution in [0.15, 0.2) is 24.5 Å². The summed E-state index contributed by atoms with van der Waals surface area (Å²) in [4.78, 5) is 6.56. The summed E-state index contributed by atoms with van der Waals surface area (Å²) in [6.07, 6.45) is 4.94. The minimum atomic E-state index is 0.618. The number of rotatable bonds is 8. The number of aromatic nitrogens is 1. The molecule has 0 bridgehead atoms. The molecule has 3 heteroatoms. The lowest BCUT2D eigenvalue weighted by atomic mass is 10.1. The average Bonchev–Trinajstić information content (AvgIpc) is 2.37. The Morgan fingerprint density at radius 2 is 2.00 bits per heavy atom. The van der Waals surface area contributed by atoms with E-state index in [0.29, 0.717) is 6.04 Å². The van der Waals surface area contributed by atoms with Gasteiger partial charge in [-0.1, -0.05) is 13.8 Å². The highest BCUT2D eigenvalue weighted by Gasteiger charge is 2.11. The van der Waals surface area contributed by atoms with Crippen LogP contribution in [0, 0.1) is 0 Å². The van der Waals surface area contributed by atoms with Crippen LogP contribution in [0.5, 0.6) is 0 Å². The maximum atomic E-state index is 4.06. The molecule has 0 aliphatic heterocycles. The van der Waals surface area contributed by atoms with Crippen molar-refractivity contribution in [2.75, 3.05) is 19.6 Å². The Hall–Kier alpha value is -0.930. The van der Waals surface area contributed by atoms with Gasteiger partial charge in [-0.2, -0.15) is 0 Å². The lowest BCUT2D eigenvalue weighted by molar-refractivity contribution is 0.200. The van der Waals surface area contributed by atoms with Crippen LogP contribution < -0.4 is 5.32 Å². The number of hydrogen-bond donors (Lipinski definition) is 1. The second kappa shape index (κ2) is 8.20. The summed E-state index contributed by atoms with van der Waals surface area (Å²) >= 11 is 0. The molecule has 1 N–H and O–H groups in total. The normalized spacial score (nSPS) is 12.9. The van der Waals surface area contributed by atoms with E-state index in [2.05, 4.69) is 48.1 Å². The van der Waals surface area contributed by atoms with Gasteiger partial charge in [-0.3, -0.25) is 9.88 Å². The van der Waals surface area contributed by atoms with Crippen LogP contribution >= 0.6 is 0 Å². The zero-order valence-corrected chi connectivity index (χ0v) is 11.3. The predicted molar refractivity (Wildman–Crippen MR) is 72.9 cm³/mol. The third-order valence-corrected chi connectivity index (χ3v) is 3.15. The molecule has 0 saturated carbocycles. The van der Waals surface area contributed by atoms with Crippen LogP contribution in [0.4, 0.5) is 0 Å². The van der Waals surface area contributed by atoms with Gasteiger partial charge in [0.25, 0.3) is 0 Å². The van der Waals surface area contributed by atoms with Crippen LogP contribution in [-0.2, 0) is 6.54 Å². The van der Waals surface area contributed by atoms with E-state index in [9.17, 15) is 0 Å². The molecule has 1 aromatic rings. The summed E-state index contributed by atoms with van der Waals surface area (Å²) in [6, 6.07) is 4.81. The second-order valence-corrected chi connectivity index (χ2v) is 4.41. The van der Waals surface area contributed by atoms with Gasteiger partial charge < -0.3 is 5.32 Å². The molecule has 96 valence electrons. The van der Waals surface area contributed by atoms with Crippen molar-refractivity contribution in [3.63, 3.8) is 0 Å². The fourth-order valence-electron chi connectivity index (χ4n) is 1.97. The van der Waals surface area contributed by atoms with Gasteiger partial charge >= 0.3 is 0 Å². The van der Waals surface area contributed by atoms with Crippen LogP contribution in [0.1, 0.15) is 32.8 Å². The first-order valence-electron chi connectivity index (χ1n) is 6.61. The summed E-state index contributed by atoms with van der Waals surface area (Å²) in [5.74, 6) is 0. The van der Waals surface area contributed by atoms with E-state index in [0.717, 1.165) is 26.2 Å². The standard InChI is InChI=1S/C14H25N3/c1-4-15-9-6-13(3)17(5-2)12-14-7-10-16-11-8-14/h7-8,10-11,13,15H,4-6,9,12H2,1-3H3. The van der Waals surface area contributed by atoms with Crippen LogP contribution in [0.25, 0.3) is 0 Å². The zero-order chi connectivity index (χ0) is 12.5. The van der Waals surface area contributed by atoms with E-state index < -0.39 is 0 Å². The molecular weight excluding hydrogens is 210 g/mol. The van der Waals surface area contributed by atoms with E-state index in [4.69, 9.17) is 0 Å². The highest BCUT2D eigenvalue weighted by atomic mass is 15.1.